The first-order valence-corrected chi connectivity index (χ1v) is 11.8. The zero-order chi connectivity index (χ0) is 24.9. The van der Waals surface area contributed by atoms with Gasteiger partial charge in [-0.05, 0) is 36.4 Å². The number of benzene rings is 2. The molecule has 178 valence electrons. The molecule has 0 atom stereocenters. The van der Waals surface area contributed by atoms with Crippen molar-refractivity contribution in [3.05, 3.63) is 89.9 Å². The van der Waals surface area contributed by atoms with Crippen molar-refractivity contribution in [2.45, 2.75) is 0 Å². The van der Waals surface area contributed by atoms with Crippen LogP contribution in [0.15, 0.2) is 90.1 Å². The number of ether oxygens (including phenoxy) is 1. The highest BCUT2D eigenvalue weighted by Gasteiger charge is 2.20. The van der Waals surface area contributed by atoms with Gasteiger partial charge in [0.15, 0.2) is 11.8 Å². The summed E-state index contributed by atoms with van der Waals surface area (Å²) in [6.07, 6.45) is 1.69. The summed E-state index contributed by atoms with van der Waals surface area (Å²) in [5, 5.41) is 15.7. The van der Waals surface area contributed by atoms with Crippen LogP contribution < -0.4 is 16.4 Å². The van der Waals surface area contributed by atoms with Gasteiger partial charge in [0, 0.05) is 17.1 Å². The number of methoxy groups -OCH3 is 1. The number of esters is 1. The molecular formula is C26H21N7O2S. The summed E-state index contributed by atoms with van der Waals surface area (Å²) in [5.41, 5.74) is 9.85. The summed E-state index contributed by atoms with van der Waals surface area (Å²) in [5.74, 6) is 0.0635. The van der Waals surface area contributed by atoms with Crippen LogP contribution in [0, 0.1) is 0 Å². The zero-order valence-electron chi connectivity index (χ0n) is 19.2. The van der Waals surface area contributed by atoms with Gasteiger partial charge in [-0.3, -0.25) is 0 Å². The molecule has 2 aromatic carbocycles. The number of anilines is 3. The van der Waals surface area contributed by atoms with E-state index < -0.39 is 5.97 Å². The van der Waals surface area contributed by atoms with E-state index >= 15 is 0 Å². The van der Waals surface area contributed by atoms with Crippen LogP contribution in [0.25, 0.3) is 21.5 Å². The molecule has 10 heteroatoms. The Kier molecular flexibility index (Phi) is 6.50. The lowest BCUT2D eigenvalue weighted by Gasteiger charge is -2.14. The first kappa shape index (κ1) is 22.9. The number of para-hydroxylation sites is 2. The van der Waals surface area contributed by atoms with Gasteiger partial charge in [0.1, 0.15) is 9.71 Å². The quantitative estimate of drug-likeness (QED) is 0.164. The molecule has 4 N–H and O–H groups in total. The molecule has 0 aliphatic rings. The fourth-order valence-electron chi connectivity index (χ4n) is 3.57. The summed E-state index contributed by atoms with van der Waals surface area (Å²) in [7, 11) is 1.35. The second-order valence-corrected chi connectivity index (χ2v) is 8.59. The normalized spacial score (nSPS) is 11.3. The first-order chi connectivity index (χ1) is 17.6. The molecule has 0 aliphatic heterocycles. The zero-order valence-corrected chi connectivity index (χ0v) is 20.0. The number of aliphatic imine (C=N–C) groups is 1. The Balaban J connectivity index is 1.40. The predicted molar refractivity (Wildman–Crippen MR) is 143 cm³/mol. The van der Waals surface area contributed by atoms with Gasteiger partial charge in [0.05, 0.1) is 29.9 Å². The number of aromatic nitrogens is 3. The maximum absolute atomic E-state index is 12.4. The number of hydrogen-bond donors (Lipinski definition) is 3. The Morgan fingerprint density at radius 3 is 2.47 bits per heavy atom. The molecule has 5 aromatic rings. The first-order valence-electron chi connectivity index (χ1n) is 10.9. The highest BCUT2D eigenvalue weighted by Crippen LogP contribution is 2.38. The van der Waals surface area contributed by atoms with Crippen LogP contribution in [0.2, 0.25) is 0 Å². The molecule has 0 fully saturated rings. The minimum absolute atomic E-state index is 0.135. The SMILES string of the molecule is COC(=O)c1sc2ncccc2c1Nc1ccccc1NC(N)=Nc1ccc(-c2ccccc2)nn1. The third-order valence-corrected chi connectivity index (χ3v) is 6.34. The van der Waals surface area contributed by atoms with Gasteiger partial charge in [-0.1, -0.05) is 42.5 Å². The van der Waals surface area contributed by atoms with Gasteiger partial charge in [-0.15, -0.1) is 21.5 Å². The maximum Gasteiger partial charge on any atom is 0.350 e. The molecule has 3 heterocycles. The number of hydrogen-bond acceptors (Lipinski definition) is 8. The number of rotatable bonds is 6. The molecule has 0 saturated carbocycles. The number of fused-ring (bicyclic) bond motifs is 1. The molecule has 0 aliphatic carbocycles. The second-order valence-electron chi connectivity index (χ2n) is 7.59. The predicted octanol–water partition coefficient (Wildman–Crippen LogP) is 5.34. The van der Waals surface area contributed by atoms with Crippen molar-refractivity contribution in [1.29, 1.82) is 0 Å². The largest absolute Gasteiger partial charge is 0.465 e. The summed E-state index contributed by atoms with van der Waals surface area (Å²) >= 11 is 1.26. The highest BCUT2D eigenvalue weighted by molar-refractivity contribution is 7.21. The molecule has 0 bridgehead atoms. The topological polar surface area (TPSA) is 127 Å². The maximum atomic E-state index is 12.4. The van der Waals surface area contributed by atoms with Crippen molar-refractivity contribution in [3.63, 3.8) is 0 Å². The van der Waals surface area contributed by atoms with Crippen LogP contribution in [0.3, 0.4) is 0 Å². The monoisotopic (exact) mass is 495 g/mol. The Morgan fingerprint density at radius 2 is 1.72 bits per heavy atom. The van der Waals surface area contributed by atoms with E-state index in [0.29, 0.717) is 27.8 Å². The number of thiophene rings is 1. The highest BCUT2D eigenvalue weighted by atomic mass is 32.1. The van der Waals surface area contributed by atoms with E-state index in [1.165, 1.54) is 18.4 Å². The van der Waals surface area contributed by atoms with Gasteiger partial charge in [-0.2, -0.15) is 4.99 Å². The van der Waals surface area contributed by atoms with E-state index in [9.17, 15) is 4.79 Å². The average Bonchev–Trinajstić information content (AvgIpc) is 3.28. The number of nitrogens with one attached hydrogen (secondary N) is 2. The Morgan fingerprint density at radius 1 is 0.944 bits per heavy atom. The molecule has 0 unspecified atom stereocenters. The van der Waals surface area contributed by atoms with Crippen LogP contribution in [0.4, 0.5) is 22.9 Å². The molecule has 0 spiro atoms. The van der Waals surface area contributed by atoms with Gasteiger partial charge in [0.2, 0.25) is 0 Å². The van der Waals surface area contributed by atoms with Crippen molar-refractivity contribution in [3.8, 4) is 11.3 Å². The number of pyridine rings is 1. The summed E-state index contributed by atoms with van der Waals surface area (Å²) in [4.78, 5) is 22.3. The van der Waals surface area contributed by atoms with E-state index in [1.54, 1.807) is 12.3 Å². The van der Waals surface area contributed by atoms with Gasteiger partial charge in [0.25, 0.3) is 0 Å². The molecule has 36 heavy (non-hydrogen) atoms. The number of guanidine groups is 1. The fraction of sp³-hybridized carbons (Fsp3) is 0.0385. The van der Waals surface area contributed by atoms with Crippen molar-refractivity contribution >= 4 is 56.4 Å². The van der Waals surface area contributed by atoms with E-state index in [2.05, 4.69) is 30.8 Å². The van der Waals surface area contributed by atoms with Crippen molar-refractivity contribution in [1.82, 2.24) is 15.2 Å². The lowest BCUT2D eigenvalue weighted by atomic mass is 10.1. The van der Waals surface area contributed by atoms with Gasteiger partial charge in [-0.25, -0.2) is 9.78 Å². The Hall–Kier alpha value is -4.83. The number of nitrogens with zero attached hydrogens (tertiary/aromatic N) is 4. The van der Waals surface area contributed by atoms with Crippen LogP contribution in [-0.2, 0) is 4.74 Å². The Labute approximate surface area is 210 Å². The number of nitrogens with two attached hydrogens (primary N) is 1. The number of carbonyl (C=O) groups is 1. The van der Waals surface area contributed by atoms with Crippen molar-refractivity contribution in [2.75, 3.05) is 17.7 Å². The van der Waals surface area contributed by atoms with Crippen LogP contribution >= 0.6 is 11.3 Å². The lowest BCUT2D eigenvalue weighted by molar-refractivity contribution is 0.0607. The van der Waals surface area contributed by atoms with E-state index in [0.717, 1.165) is 21.5 Å². The van der Waals surface area contributed by atoms with Crippen LogP contribution in [0.1, 0.15) is 9.67 Å². The minimum Gasteiger partial charge on any atom is -0.465 e. The van der Waals surface area contributed by atoms with Gasteiger partial charge < -0.3 is 21.1 Å². The fourth-order valence-corrected chi connectivity index (χ4v) is 4.58. The Bertz CT molecular complexity index is 1550. The third-order valence-electron chi connectivity index (χ3n) is 5.24. The van der Waals surface area contributed by atoms with Crippen LogP contribution in [-0.4, -0.2) is 34.2 Å². The van der Waals surface area contributed by atoms with E-state index in [1.807, 2.05) is 72.8 Å². The van der Waals surface area contributed by atoms with Crippen LogP contribution in [0.5, 0.6) is 0 Å². The second kappa shape index (κ2) is 10.2. The molecule has 9 nitrogen and oxygen atoms in total. The molecule has 0 radical (unpaired) electrons. The molecular weight excluding hydrogens is 474 g/mol. The minimum atomic E-state index is -0.440. The molecule has 0 saturated heterocycles. The number of carbonyl (C=O) groups excluding carboxylic acids is 1. The lowest BCUT2D eigenvalue weighted by Crippen LogP contribution is -2.22. The third kappa shape index (κ3) is 4.84. The van der Waals surface area contributed by atoms with E-state index in [4.69, 9.17) is 10.5 Å². The standard InChI is InChI=1S/C26H21N7O2S/c1-35-25(34)23-22(17-10-7-15-28-24(17)36-23)29-19-11-5-6-12-20(19)30-26(27)31-21-14-13-18(32-33-21)16-8-3-2-4-9-16/h2-15,29H,1H3,(H3,27,30,31,33). The molecule has 3 aromatic heterocycles. The summed E-state index contributed by atoms with van der Waals surface area (Å²) < 4.78 is 4.98. The van der Waals surface area contributed by atoms with Gasteiger partial charge >= 0.3 is 5.97 Å². The summed E-state index contributed by atoms with van der Waals surface area (Å²) in [6, 6.07) is 24.5. The average molecular weight is 496 g/mol. The van der Waals surface area contributed by atoms with E-state index in [-0.39, 0.29) is 5.96 Å². The molecule has 0 amide bonds. The smallest absolute Gasteiger partial charge is 0.350 e. The van der Waals surface area contributed by atoms with Crippen molar-refractivity contribution in [2.24, 2.45) is 10.7 Å². The summed E-state index contributed by atoms with van der Waals surface area (Å²) in [6.45, 7) is 0. The molecule has 5 rings (SSSR count). The van der Waals surface area contributed by atoms with Crippen molar-refractivity contribution < 1.29 is 9.53 Å².